The Morgan fingerprint density at radius 3 is 2.03 bits per heavy atom. The van der Waals surface area contributed by atoms with E-state index in [4.69, 9.17) is 14.4 Å². The predicted molar refractivity (Wildman–Crippen MR) is 144 cm³/mol. The quantitative estimate of drug-likeness (QED) is 0.280. The lowest BCUT2D eigenvalue weighted by molar-refractivity contribution is 0.446. The molecular weight excluding hydrogens is 446 g/mol. The van der Waals surface area contributed by atoms with Crippen LogP contribution in [0.4, 0.5) is 0 Å². The van der Waals surface area contributed by atoms with E-state index >= 15 is 0 Å². The Balaban J connectivity index is 1.13. The summed E-state index contributed by atoms with van der Waals surface area (Å²) >= 11 is 0. The molecule has 36 heavy (non-hydrogen) atoms. The SMILES string of the molecule is C[C@@H]1CNC(c2nc3cc(-c4ccc(-c5ccc6nc(C7C[C@H](C)CN7)oc6c5)cc4)ccc3[nH]2)C1. The highest BCUT2D eigenvalue weighted by atomic mass is 16.3. The summed E-state index contributed by atoms with van der Waals surface area (Å²) in [6, 6.07) is 22.1. The molecule has 0 spiro atoms. The fraction of sp³-hybridized carbons (Fsp3) is 0.333. The minimum absolute atomic E-state index is 0.219. The fourth-order valence-electron chi connectivity index (χ4n) is 5.72. The molecule has 182 valence electrons. The molecule has 3 aromatic carbocycles. The molecule has 0 saturated carbocycles. The summed E-state index contributed by atoms with van der Waals surface area (Å²) in [5.41, 5.74) is 8.53. The first-order valence-electron chi connectivity index (χ1n) is 13.1. The zero-order valence-corrected chi connectivity index (χ0v) is 20.7. The number of nitrogens with one attached hydrogen (secondary N) is 3. The van der Waals surface area contributed by atoms with Gasteiger partial charge < -0.3 is 20.0 Å². The minimum Gasteiger partial charge on any atom is -0.439 e. The average molecular weight is 478 g/mol. The molecule has 0 bridgehead atoms. The summed E-state index contributed by atoms with van der Waals surface area (Å²) in [6.45, 7) is 6.62. The van der Waals surface area contributed by atoms with Gasteiger partial charge in [-0.3, -0.25) is 0 Å². The van der Waals surface area contributed by atoms with E-state index in [2.05, 4.69) is 90.1 Å². The topological polar surface area (TPSA) is 78.8 Å². The van der Waals surface area contributed by atoms with Gasteiger partial charge in [0.2, 0.25) is 5.89 Å². The maximum Gasteiger partial charge on any atom is 0.212 e. The van der Waals surface area contributed by atoms with Crippen molar-refractivity contribution in [2.24, 2.45) is 11.8 Å². The van der Waals surface area contributed by atoms with Crippen LogP contribution in [0.1, 0.15) is 50.5 Å². The van der Waals surface area contributed by atoms with Gasteiger partial charge in [0.1, 0.15) is 11.3 Å². The molecule has 5 aromatic rings. The number of H-pyrrole nitrogens is 1. The van der Waals surface area contributed by atoms with Crippen LogP contribution in [0.15, 0.2) is 65.1 Å². The van der Waals surface area contributed by atoms with Gasteiger partial charge in [0.25, 0.3) is 0 Å². The largest absolute Gasteiger partial charge is 0.439 e. The normalized spacial score (nSPS) is 24.3. The number of rotatable bonds is 4. The number of benzene rings is 3. The van der Waals surface area contributed by atoms with Crippen molar-refractivity contribution in [2.45, 2.75) is 38.8 Å². The van der Waals surface area contributed by atoms with E-state index in [-0.39, 0.29) is 6.04 Å². The first-order chi connectivity index (χ1) is 17.6. The number of hydrogen-bond donors (Lipinski definition) is 3. The number of aromatic nitrogens is 3. The molecule has 4 atom stereocenters. The van der Waals surface area contributed by atoms with Gasteiger partial charge in [-0.1, -0.05) is 50.2 Å². The van der Waals surface area contributed by atoms with Gasteiger partial charge in [-0.25, -0.2) is 9.97 Å². The first kappa shape index (κ1) is 21.8. The molecule has 0 aliphatic carbocycles. The molecule has 3 N–H and O–H groups in total. The summed E-state index contributed by atoms with van der Waals surface area (Å²) in [7, 11) is 0. The van der Waals surface area contributed by atoms with E-state index in [0.29, 0.717) is 17.9 Å². The molecule has 2 aliphatic heterocycles. The maximum atomic E-state index is 6.15. The second-order valence-electron chi connectivity index (χ2n) is 10.8. The molecule has 6 nitrogen and oxygen atoms in total. The van der Waals surface area contributed by atoms with Gasteiger partial charge in [-0.2, -0.15) is 0 Å². The average Bonchev–Trinajstić information content (AvgIpc) is 3.68. The summed E-state index contributed by atoms with van der Waals surface area (Å²) < 4.78 is 6.15. The highest BCUT2D eigenvalue weighted by Crippen LogP contribution is 2.33. The van der Waals surface area contributed by atoms with E-state index in [1.54, 1.807) is 0 Å². The van der Waals surface area contributed by atoms with Crippen LogP contribution in [0.5, 0.6) is 0 Å². The highest BCUT2D eigenvalue weighted by molar-refractivity contribution is 5.84. The van der Waals surface area contributed by atoms with Crippen LogP contribution < -0.4 is 10.6 Å². The van der Waals surface area contributed by atoms with E-state index in [1.165, 1.54) is 11.1 Å². The van der Waals surface area contributed by atoms with E-state index in [0.717, 1.165) is 70.9 Å². The Hall–Kier alpha value is -3.48. The number of fused-ring (bicyclic) bond motifs is 2. The number of nitrogens with zero attached hydrogens (tertiary/aromatic N) is 2. The fourth-order valence-corrected chi connectivity index (χ4v) is 5.72. The third kappa shape index (κ3) is 3.91. The molecule has 0 amide bonds. The van der Waals surface area contributed by atoms with Crippen molar-refractivity contribution in [3.63, 3.8) is 0 Å². The zero-order chi connectivity index (χ0) is 24.2. The van der Waals surface area contributed by atoms with Crippen LogP contribution in [0.2, 0.25) is 0 Å². The van der Waals surface area contributed by atoms with Crippen LogP contribution in [0.3, 0.4) is 0 Å². The van der Waals surface area contributed by atoms with Gasteiger partial charge in [0.15, 0.2) is 5.58 Å². The smallest absolute Gasteiger partial charge is 0.212 e. The van der Waals surface area contributed by atoms with Crippen molar-refractivity contribution >= 4 is 22.1 Å². The molecule has 2 unspecified atom stereocenters. The number of oxazole rings is 1. The van der Waals surface area contributed by atoms with Gasteiger partial charge >= 0.3 is 0 Å². The van der Waals surface area contributed by atoms with Crippen LogP contribution in [0, 0.1) is 11.8 Å². The van der Waals surface area contributed by atoms with Crippen LogP contribution in [0.25, 0.3) is 44.4 Å². The molecule has 2 aliphatic rings. The molecule has 6 heteroatoms. The van der Waals surface area contributed by atoms with Crippen LogP contribution in [-0.4, -0.2) is 28.0 Å². The second kappa shape index (κ2) is 8.57. The van der Waals surface area contributed by atoms with Gasteiger partial charge in [0, 0.05) is 0 Å². The maximum absolute atomic E-state index is 6.15. The van der Waals surface area contributed by atoms with Crippen molar-refractivity contribution in [3.8, 4) is 22.3 Å². The first-order valence-corrected chi connectivity index (χ1v) is 13.1. The Labute approximate surface area is 210 Å². The molecule has 0 radical (unpaired) electrons. The summed E-state index contributed by atoms with van der Waals surface area (Å²) in [4.78, 5) is 13.1. The molecule has 2 fully saturated rings. The lowest BCUT2D eigenvalue weighted by Crippen LogP contribution is -2.14. The zero-order valence-electron chi connectivity index (χ0n) is 20.7. The Morgan fingerprint density at radius 1 is 0.694 bits per heavy atom. The van der Waals surface area contributed by atoms with E-state index < -0.39 is 0 Å². The van der Waals surface area contributed by atoms with Crippen molar-refractivity contribution in [1.82, 2.24) is 25.6 Å². The Bertz CT molecular complexity index is 1430. The third-order valence-corrected chi connectivity index (χ3v) is 7.79. The second-order valence-corrected chi connectivity index (χ2v) is 10.8. The van der Waals surface area contributed by atoms with E-state index in [9.17, 15) is 0 Å². The monoisotopic (exact) mass is 477 g/mol. The van der Waals surface area contributed by atoms with Crippen molar-refractivity contribution < 1.29 is 4.42 Å². The third-order valence-electron chi connectivity index (χ3n) is 7.79. The summed E-state index contributed by atoms with van der Waals surface area (Å²) in [6.07, 6.45) is 2.20. The summed E-state index contributed by atoms with van der Waals surface area (Å²) in [5, 5.41) is 7.09. The molecule has 4 heterocycles. The number of hydrogen-bond acceptors (Lipinski definition) is 5. The molecule has 7 rings (SSSR count). The molecular formula is C30H31N5O. The lowest BCUT2D eigenvalue weighted by Gasteiger charge is -2.05. The number of aromatic amines is 1. The number of imidazole rings is 1. The van der Waals surface area contributed by atoms with Crippen LogP contribution in [-0.2, 0) is 0 Å². The van der Waals surface area contributed by atoms with Crippen molar-refractivity contribution in [1.29, 1.82) is 0 Å². The lowest BCUT2D eigenvalue weighted by atomic mass is 10.00. The van der Waals surface area contributed by atoms with Crippen molar-refractivity contribution in [2.75, 3.05) is 13.1 Å². The highest BCUT2D eigenvalue weighted by Gasteiger charge is 2.26. The minimum atomic E-state index is 0.219. The Kier molecular flexibility index (Phi) is 5.19. The van der Waals surface area contributed by atoms with Gasteiger partial charge in [-0.15, -0.1) is 0 Å². The van der Waals surface area contributed by atoms with Gasteiger partial charge in [-0.05, 0) is 84.3 Å². The van der Waals surface area contributed by atoms with E-state index in [1.807, 2.05) is 0 Å². The standard InChI is InChI=1S/C30H31N5O/c1-17-11-26(31-15-17)29-33-23-9-7-21(13-25(23)34-29)19-3-5-20(6-4-19)22-8-10-24-28(14-22)36-30(35-24)27-12-18(2)16-32-27/h3-10,13-14,17-18,26-27,31-32H,11-12,15-16H2,1-2H3,(H,33,34)/t17-,18-,26?,27?/m0/s1. The predicted octanol–water partition coefficient (Wildman–Crippen LogP) is 6.38. The summed E-state index contributed by atoms with van der Waals surface area (Å²) in [5.74, 6) is 3.20. The Morgan fingerprint density at radius 2 is 1.33 bits per heavy atom. The van der Waals surface area contributed by atoms with Gasteiger partial charge in [0.05, 0.1) is 23.1 Å². The molecule has 2 saturated heterocycles. The van der Waals surface area contributed by atoms with Crippen LogP contribution >= 0.6 is 0 Å². The molecule has 2 aromatic heterocycles. The van der Waals surface area contributed by atoms with Crippen molar-refractivity contribution in [3.05, 3.63) is 72.4 Å².